The van der Waals surface area contributed by atoms with Crippen LogP contribution in [0, 0.1) is 0 Å². The molecule has 1 atom stereocenters. The highest BCUT2D eigenvalue weighted by Gasteiger charge is 2.20. The van der Waals surface area contributed by atoms with Gasteiger partial charge in [0, 0.05) is 13.2 Å². The number of ether oxygens (including phenoxy) is 1. The number of aromatic nitrogens is 1. The minimum atomic E-state index is -0.201. The molecule has 1 aromatic heterocycles. The van der Waals surface area contributed by atoms with Crippen molar-refractivity contribution in [1.29, 1.82) is 0 Å². The molecule has 142 valence electrons. The Labute approximate surface area is 158 Å². The van der Waals surface area contributed by atoms with Gasteiger partial charge in [-0.25, -0.2) is 4.98 Å². The molecule has 3 rings (SSSR count). The number of carbonyl (C=O) groups excluding carboxylic acids is 2. The van der Waals surface area contributed by atoms with Crippen molar-refractivity contribution in [2.24, 2.45) is 5.73 Å². The number of thiazole rings is 1. The number of benzene rings is 1. The molecule has 0 radical (unpaired) electrons. The first-order valence-corrected chi connectivity index (χ1v) is 9.96. The predicted octanol–water partition coefficient (Wildman–Crippen LogP) is 2.91. The first-order valence-electron chi connectivity index (χ1n) is 9.14. The van der Waals surface area contributed by atoms with Crippen LogP contribution in [0.5, 0.6) is 0 Å². The molecule has 2 aromatic rings. The van der Waals surface area contributed by atoms with Gasteiger partial charge in [-0.15, -0.1) is 11.3 Å². The molecule has 1 amide bonds. The highest BCUT2D eigenvalue weighted by atomic mass is 32.1. The summed E-state index contributed by atoms with van der Waals surface area (Å²) in [5.41, 5.74) is 6.28. The summed E-state index contributed by atoms with van der Waals surface area (Å²) in [6.45, 7) is 2.21. The lowest BCUT2D eigenvalue weighted by Crippen LogP contribution is -2.38. The average Bonchev–Trinajstić information content (AvgIpc) is 3.12. The molecular formula is C19H27N3O3S. The number of unbranched alkanes of at least 4 members (excludes halogenated alkanes) is 2. The molecule has 6 nitrogen and oxygen atoms in total. The molecule has 1 unspecified atom stereocenters. The average molecular weight is 378 g/mol. The number of nitrogens with one attached hydrogen (secondary N) is 1. The van der Waals surface area contributed by atoms with Gasteiger partial charge in [0.15, 0.2) is 11.3 Å². The van der Waals surface area contributed by atoms with Crippen molar-refractivity contribution in [2.45, 2.75) is 44.6 Å². The topological polar surface area (TPSA) is 94.3 Å². The van der Waals surface area contributed by atoms with Crippen molar-refractivity contribution >= 4 is 33.7 Å². The zero-order valence-corrected chi connectivity index (χ0v) is 15.8. The minimum Gasteiger partial charge on any atom is -0.368 e. The van der Waals surface area contributed by atoms with Gasteiger partial charge in [0.05, 0.1) is 10.2 Å². The standard InChI is InChI=1S/C11H22N2O2.C8H5NOS/c12-7-3-1-4-8-13-11(14)10-6-2-5-9-15-10;10-5-8-9-6-3-1-2-4-7(6)11-8/h10H,1-9,12H2,(H,13,14);1-5H. The molecule has 2 heterocycles. The number of rotatable bonds is 7. The first-order chi connectivity index (χ1) is 12.7. The molecule has 1 aliphatic heterocycles. The Morgan fingerprint density at radius 3 is 2.85 bits per heavy atom. The second-order valence-corrected chi connectivity index (χ2v) is 7.20. The van der Waals surface area contributed by atoms with E-state index in [1.807, 2.05) is 24.3 Å². The lowest BCUT2D eigenvalue weighted by molar-refractivity contribution is -0.135. The van der Waals surface area contributed by atoms with E-state index in [0.717, 1.165) is 74.7 Å². The Morgan fingerprint density at radius 2 is 2.15 bits per heavy atom. The quantitative estimate of drug-likeness (QED) is 0.571. The molecule has 1 fully saturated rings. The van der Waals surface area contributed by atoms with Crippen LogP contribution >= 0.6 is 11.3 Å². The third-order valence-electron chi connectivity index (χ3n) is 4.06. The largest absolute Gasteiger partial charge is 0.368 e. The maximum absolute atomic E-state index is 11.6. The van der Waals surface area contributed by atoms with Gasteiger partial charge in [-0.1, -0.05) is 18.6 Å². The first kappa shape index (κ1) is 20.5. The third kappa shape index (κ3) is 6.82. The van der Waals surface area contributed by atoms with Gasteiger partial charge < -0.3 is 15.8 Å². The van der Waals surface area contributed by atoms with Gasteiger partial charge in [-0.05, 0) is 50.8 Å². The summed E-state index contributed by atoms with van der Waals surface area (Å²) in [6.07, 6.45) is 6.77. The van der Waals surface area contributed by atoms with Crippen LogP contribution in [0.15, 0.2) is 24.3 Å². The second-order valence-electron chi connectivity index (χ2n) is 6.13. The number of fused-ring (bicyclic) bond motifs is 1. The highest BCUT2D eigenvalue weighted by Crippen LogP contribution is 2.19. The monoisotopic (exact) mass is 377 g/mol. The van der Waals surface area contributed by atoms with Crippen LogP contribution < -0.4 is 11.1 Å². The molecule has 0 aliphatic carbocycles. The van der Waals surface area contributed by atoms with Crippen molar-refractivity contribution in [2.75, 3.05) is 19.7 Å². The van der Waals surface area contributed by atoms with Crippen molar-refractivity contribution < 1.29 is 14.3 Å². The summed E-state index contributed by atoms with van der Waals surface area (Å²) >= 11 is 1.42. The normalized spacial score (nSPS) is 16.6. The minimum absolute atomic E-state index is 0.0578. The number of nitrogens with two attached hydrogens (primary N) is 1. The number of aldehydes is 1. The summed E-state index contributed by atoms with van der Waals surface area (Å²) in [4.78, 5) is 26.0. The molecular weight excluding hydrogens is 350 g/mol. The Hall–Kier alpha value is -1.83. The fraction of sp³-hybridized carbons (Fsp3) is 0.526. The van der Waals surface area contributed by atoms with Crippen molar-refractivity contribution in [3.63, 3.8) is 0 Å². The van der Waals surface area contributed by atoms with E-state index >= 15 is 0 Å². The van der Waals surface area contributed by atoms with Crippen LogP contribution in [-0.4, -0.2) is 43.0 Å². The van der Waals surface area contributed by atoms with E-state index in [9.17, 15) is 9.59 Å². The Bertz CT molecular complexity index is 650. The van der Waals surface area contributed by atoms with Gasteiger partial charge in [-0.2, -0.15) is 0 Å². The van der Waals surface area contributed by atoms with Gasteiger partial charge in [0.25, 0.3) is 0 Å². The van der Waals surface area contributed by atoms with Gasteiger partial charge >= 0.3 is 0 Å². The van der Waals surface area contributed by atoms with E-state index in [0.29, 0.717) is 5.01 Å². The molecule has 26 heavy (non-hydrogen) atoms. The Kier molecular flexibility index (Phi) is 9.23. The van der Waals surface area contributed by atoms with Gasteiger partial charge in [0.2, 0.25) is 5.91 Å². The number of nitrogens with zero attached hydrogens (tertiary/aromatic N) is 1. The fourth-order valence-electron chi connectivity index (χ4n) is 2.66. The summed E-state index contributed by atoms with van der Waals surface area (Å²) in [7, 11) is 0. The lowest BCUT2D eigenvalue weighted by Gasteiger charge is -2.21. The maximum Gasteiger partial charge on any atom is 0.249 e. The molecule has 3 N–H and O–H groups in total. The maximum atomic E-state index is 11.6. The number of hydrogen-bond acceptors (Lipinski definition) is 6. The number of para-hydroxylation sites is 1. The van der Waals surface area contributed by atoms with Gasteiger partial charge in [0.1, 0.15) is 6.10 Å². The van der Waals surface area contributed by atoms with Crippen LogP contribution in [-0.2, 0) is 9.53 Å². The van der Waals surface area contributed by atoms with Crippen LogP contribution in [0.2, 0.25) is 0 Å². The van der Waals surface area contributed by atoms with E-state index in [1.165, 1.54) is 11.3 Å². The number of amides is 1. The van der Waals surface area contributed by atoms with Crippen LogP contribution in [0.25, 0.3) is 10.2 Å². The van der Waals surface area contributed by atoms with Gasteiger partial charge in [-0.3, -0.25) is 9.59 Å². The highest BCUT2D eigenvalue weighted by molar-refractivity contribution is 7.19. The zero-order valence-electron chi connectivity index (χ0n) is 15.0. The lowest BCUT2D eigenvalue weighted by atomic mass is 10.1. The van der Waals surface area contributed by atoms with Crippen LogP contribution in [0.4, 0.5) is 0 Å². The van der Waals surface area contributed by atoms with E-state index in [2.05, 4.69) is 10.3 Å². The predicted molar refractivity (Wildman–Crippen MR) is 105 cm³/mol. The van der Waals surface area contributed by atoms with E-state index in [4.69, 9.17) is 10.5 Å². The second kappa shape index (κ2) is 11.7. The SMILES string of the molecule is NCCCCCNC(=O)C1CCCCO1.O=Cc1nc2ccccc2s1. The van der Waals surface area contributed by atoms with E-state index in [-0.39, 0.29) is 12.0 Å². The molecule has 7 heteroatoms. The third-order valence-corrected chi connectivity index (χ3v) is 5.03. The van der Waals surface area contributed by atoms with Crippen LogP contribution in [0.3, 0.4) is 0 Å². The molecule has 0 bridgehead atoms. The Morgan fingerprint density at radius 1 is 1.31 bits per heavy atom. The molecule has 1 saturated heterocycles. The summed E-state index contributed by atoms with van der Waals surface area (Å²) in [6, 6.07) is 7.71. The molecule has 0 saturated carbocycles. The van der Waals surface area contributed by atoms with Crippen molar-refractivity contribution in [3.8, 4) is 0 Å². The molecule has 1 aliphatic rings. The van der Waals surface area contributed by atoms with Crippen molar-refractivity contribution in [1.82, 2.24) is 10.3 Å². The number of hydrogen-bond donors (Lipinski definition) is 2. The van der Waals surface area contributed by atoms with E-state index in [1.54, 1.807) is 0 Å². The van der Waals surface area contributed by atoms with Crippen molar-refractivity contribution in [3.05, 3.63) is 29.3 Å². The Balaban J connectivity index is 0.000000195. The summed E-state index contributed by atoms with van der Waals surface area (Å²) < 4.78 is 6.45. The smallest absolute Gasteiger partial charge is 0.249 e. The molecule has 0 spiro atoms. The zero-order chi connectivity index (χ0) is 18.6. The number of carbonyl (C=O) groups is 2. The fourth-order valence-corrected chi connectivity index (χ4v) is 3.44. The van der Waals surface area contributed by atoms with E-state index < -0.39 is 0 Å². The summed E-state index contributed by atoms with van der Waals surface area (Å²) in [5.74, 6) is 0.0578. The summed E-state index contributed by atoms with van der Waals surface area (Å²) in [5, 5.41) is 3.45. The van der Waals surface area contributed by atoms with Crippen LogP contribution in [0.1, 0.15) is 48.3 Å². The molecule has 1 aromatic carbocycles.